The molecule has 0 aliphatic heterocycles. The van der Waals surface area contributed by atoms with Gasteiger partial charge in [0, 0.05) is 12.7 Å². The maximum Gasteiger partial charge on any atom is 0.254 e. The second-order valence-electron chi connectivity index (χ2n) is 4.06. The minimum absolute atomic E-state index is 0.466. The molecule has 0 spiro atoms. The van der Waals surface area contributed by atoms with E-state index in [1.165, 1.54) is 0 Å². The molecule has 0 fully saturated rings. The van der Waals surface area contributed by atoms with Gasteiger partial charge in [-0.1, -0.05) is 60.7 Å². The van der Waals surface area contributed by atoms with E-state index in [4.69, 9.17) is 11.6 Å². The summed E-state index contributed by atoms with van der Waals surface area (Å²) in [6, 6.07) is 19.3. The van der Waals surface area contributed by atoms with E-state index in [0.717, 1.165) is 11.1 Å². The van der Waals surface area contributed by atoms with E-state index in [2.05, 4.69) is 5.32 Å². The Morgan fingerprint density at radius 2 is 1.58 bits per heavy atom. The molecule has 2 aromatic rings. The van der Waals surface area contributed by atoms with Gasteiger partial charge in [-0.15, -0.1) is 0 Å². The summed E-state index contributed by atoms with van der Waals surface area (Å²) in [5, 5.41) is 2.65. The first-order valence-corrected chi connectivity index (χ1v) is 6.38. The zero-order valence-corrected chi connectivity index (χ0v) is 11.1. The van der Waals surface area contributed by atoms with Crippen molar-refractivity contribution in [1.82, 2.24) is 5.32 Å². The van der Waals surface area contributed by atoms with Gasteiger partial charge in [0.15, 0.2) is 0 Å². The average molecular weight is 272 g/mol. The minimum atomic E-state index is -0.466. The fourth-order valence-corrected chi connectivity index (χ4v) is 1.90. The van der Waals surface area contributed by atoms with Crippen LogP contribution in [0.3, 0.4) is 0 Å². The number of rotatable bonds is 5. The molecule has 0 heterocycles. The predicted molar refractivity (Wildman–Crippen MR) is 78.6 cm³/mol. The summed E-state index contributed by atoms with van der Waals surface area (Å²) in [5.74, 6) is 0. The Balaban J connectivity index is 2.08. The molecule has 1 N–H and O–H groups in total. The van der Waals surface area contributed by atoms with E-state index < -0.39 is 5.24 Å². The first kappa shape index (κ1) is 13.4. The molecule has 0 unspecified atom stereocenters. The summed E-state index contributed by atoms with van der Waals surface area (Å²) in [7, 11) is 0. The molecule has 0 amide bonds. The molecule has 0 saturated carbocycles. The first-order chi connectivity index (χ1) is 9.27. The third-order valence-electron chi connectivity index (χ3n) is 2.69. The van der Waals surface area contributed by atoms with Gasteiger partial charge in [-0.25, -0.2) is 0 Å². The van der Waals surface area contributed by atoms with Crippen molar-refractivity contribution in [3.63, 3.8) is 0 Å². The highest BCUT2D eigenvalue weighted by Gasteiger charge is 2.08. The summed E-state index contributed by atoms with van der Waals surface area (Å²) < 4.78 is 0. The van der Waals surface area contributed by atoms with Crippen LogP contribution in [0.15, 0.2) is 66.9 Å². The van der Waals surface area contributed by atoms with Crippen LogP contribution in [0.1, 0.15) is 11.1 Å². The molecule has 0 aromatic heterocycles. The van der Waals surface area contributed by atoms with Gasteiger partial charge >= 0.3 is 0 Å². The fraction of sp³-hybridized carbons (Fsp3) is 0.0625. The fourth-order valence-electron chi connectivity index (χ4n) is 1.74. The minimum Gasteiger partial charge on any atom is -0.386 e. The zero-order chi connectivity index (χ0) is 13.5. The van der Waals surface area contributed by atoms with Gasteiger partial charge < -0.3 is 5.32 Å². The molecule has 0 bridgehead atoms. The SMILES string of the molecule is O=C(Cl)C(=CNCc1ccccc1)c1ccccc1. The lowest BCUT2D eigenvalue weighted by atomic mass is 10.1. The van der Waals surface area contributed by atoms with Crippen LogP contribution in [0, 0.1) is 0 Å². The normalized spacial score (nSPS) is 11.1. The summed E-state index contributed by atoms with van der Waals surface area (Å²) in [5.41, 5.74) is 2.43. The number of benzene rings is 2. The van der Waals surface area contributed by atoms with Gasteiger partial charge in [-0.2, -0.15) is 0 Å². The number of hydrogen-bond acceptors (Lipinski definition) is 2. The zero-order valence-electron chi connectivity index (χ0n) is 10.3. The molecule has 0 radical (unpaired) electrons. The smallest absolute Gasteiger partial charge is 0.254 e. The molecule has 2 nitrogen and oxygen atoms in total. The Morgan fingerprint density at radius 1 is 1.00 bits per heavy atom. The highest BCUT2D eigenvalue weighted by Crippen LogP contribution is 2.16. The Bertz CT molecular complexity index is 564. The van der Waals surface area contributed by atoms with Gasteiger partial charge in [0.25, 0.3) is 5.24 Å². The summed E-state index contributed by atoms with van der Waals surface area (Å²) in [6.07, 6.45) is 1.66. The van der Waals surface area contributed by atoms with Crippen LogP contribution in [-0.4, -0.2) is 5.24 Å². The summed E-state index contributed by atoms with van der Waals surface area (Å²) in [4.78, 5) is 11.4. The maximum atomic E-state index is 11.4. The van der Waals surface area contributed by atoms with Crippen molar-refractivity contribution in [3.8, 4) is 0 Å². The second-order valence-corrected chi connectivity index (χ2v) is 4.41. The number of allylic oxidation sites excluding steroid dienone is 1. The number of carbonyl (C=O) groups excluding carboxylic acids is 1. The van der Waals surface area contributed by atoms with Crippen molar-refractivity contribution < 1.29 is 4.79 Å². The molecule has 96 valence electrons. The van der Waals surface area contributed by atoms with E-state index in [9.17, 15) is 4.79 Å². The van der Waals surface area contributed by atoms with Crippen LogP contribution in [0.5, 0.6) is 0 Å². The summed E-state index contributed by atoms with van der Waals surface area (Å²) >= 11 is 5.61. The second kappa shape index (κ2) is 6.76. The number of hydrogen-bond donors (Lipinski definition) is 1. The topological polar surface area (TPSA) is 29.1 Å². The van der Waals surface area contributed by atoms with Gasteiger partial charge in [0.1, 0.15) is 0 Å². The van der Waals surface area contributed by atoms with Gasteiger partial charge in [0.05, 0.1) is 5.57 Å². The van der Waals surface area contributed by atoms with Crippen LogP contribution in [-0.2, 0) is 11.3 Å². The average Bonchev–Trinajstić information content (AvgIpc) is 2.45. The first-order valence-electron chi connectivity index (χ1n) is 6.00. The maximum absolute atomic E-state index is 11.4. The lowest BCUT2D eigenvalue weighted by Gasteiger charge is -2.05. The predicted octanol–water partition coefficient (Wildman–Crippen LogP) is 3.58. The van der Waals surface area contributed by atoms with E-state index in [1.54, 1.807) is 6.20 Å². The monoisotopic (exact) mass is 271 g/mol. The highest BCUT2D eigenvalue weighted by atomic mass is 35.5. The molecule has 0 saturated heterocycles. The number of halogens is 1. The van der Waals surface area contributed by atoms with Crippen LogP contribution < -0.4 is 5.32 Å². The van der Waals surface area contributed by atoms with Crippen molar-refractivity contribution in [2.45, 2.75) is 6.54 Å². The van der Waals surface area contributed by atoms with Gasteiger partial charge in [-0.05, 0) is 22.7 Å². The Kier molecular flexibility index (Phi) is 4.76. The Hall–Kier alpha value is -2.06. The standard InChI is InChI=1S/C16H14ClNO/c17-16(19)15(14-9-5-2-6-10-14)12-18-11-13-7-3-1-4-8-13/h1-10,12,18H,11H2. The molecule has 0 atom stereocenters. The molecule has 2 rings (SSSR count). The van der Waals surface area contributed by atoms with E-state index in [-0.39, 0.29) is 0 Å². The Labute approximate surface area is 117 Å². The molecule has 0 aliphatic rings. The van der Waals surface area contributed by atoms with Crippen LogP contribution >= 0.6 is 11.6 Å². The highest BCUT2D eigenvalue weighted by molar-refractivity contribution is 6.74. The third kappa shape index (κ3) is 3.97. The molecule has 3 heteroatoms. The van der Waals surface area contributed by atoms with E-state index in [0.29, 0.717) is 12.1 Å². The molecule has 19 heavy (non-hydrogen) atoms. The molecular formula is C16H14ClNO. The van der Waals surface area contributed by atoms with Crippen molar-refractivity contribution in [3.05, 3.63) is 78.0 Å². The van der Waals surface area contributed by atoms with Crippen LogP contribution in [0.4, 0.5) is 0 Å². The van der Waals surface area contributed by atoms with E-state index in [1.807, 2.05) is 60.7 Å². The van der Waals surface area contributed by atoms with Crippen molar-refractivity contribution in [2.75, 3.05) is 0 Å². The van der Waals surface area contributed by atoms with Crippen LogP contribution in [0.25, 0.3) is 5.57 Å². The third-order valence-corrected chi connectivity index (χ3v) is 2.90. The van der Waals surface area contributed by atoms with Crippen LogP contribution in [0.2, 0.25) is 0 Å². The lowest BCUT2D eigenvalue weighted by molar-refractivity contribution is -0.106. The summed E-state index contributed by atoms with van der Waals surface area (Å²) in [6.45, 7) is 0.654. The van der Waals surface area contributed by atoms with E-state index >= 15 is 0 Å². The van der Waals surface area contributed by atoms with Gasteiger partial charge in [-0.3, -0.25) is 4.79 Å². The molecule has 0 aliphatic carbocycles. The molecular weight excluding hydrogens is 258 g/mol. The van der Waals surface area contributed by atoms with Gasteiger partial charge in [0.2, 0.25) is 0 Å². The van der Waals surface area contributed by atoms with Crippen molar-refractivity contribution in [2.24, 2.45) is 0 Å². The largest absolute Gasteiger partial charge is 0.386 e. The number of carbonyl (C=O) groups is 1. The van der Waals surface area contributed by atoms with Crippen molar-refractivity contribution in [1.29, 1.82) is 0 Å². The Morgan fingerprint density at radius 3 is 2.16 bits per heavy atom. The lowest BCUT2D eigenvalue weighted by Crippen LogP contribution is -2.07. The number of nitrogens with one attached hydrogen (secondary N) is 1. The quantitative estimate of drug-likeness (QED) is 0.665. The molecule has 2 aromatic carbocycles. The van der Waals surface area contributed by atoms with Crippen molar-refractivity contribution >= 4 is 22.4 Å².